The molecule has 0 spiro atoms. The predicted molar refractivity (Wildman–Crippen MR) is 110 cm³/mol. The molecule has 0 aliphatic heterocycles. The molecule has 0 bridgehead atoms. The van der Waals surface area contributed by atoms with Crippen molar-refractivity contribution in [3.63, 3.8) is 0 Å². The maximum Gasteiger partial charge on any atom is 0.251 e. The van der Waals surface area contributed by atoms with Crippen molar-refractivity contribution in [3.8, 4) is 5.75 Å². The standard InChI is InChI=1S/C21H18Cl2N2O3/c1-25-12-20(28-13-14-5-3-2-4-6-14)19(26)10-16(25)11-24-21(27)15-7-8-17(22)18(23)9-15/h2-10,12H,11,13H2,1H3,(H,24,27). The molecule has 0 atom stereocenters. The fourth-order valence-corrected chi connectivity index (χ4v) is 2.87. The minimum absolute atomic E-state index is 0.184. The minimum Gasteiger partial charge on any atom is -0.483 e. The molecule has 0 aliphatic carbocycles. The van der Waals surface area contributed by atoms with Gasteiger partial charge in [-0.15, -0.1) is 0 Å². The molecule has 1 amide bonds. The van der Waals surface area contributed by atoms with Gasteiger partial charge in [0.05, 0.1) is 22.8 Å². The summed E-state index contributed by atoms with van der Waals surface area (Å²) in [4.78, 5) is 24.6. The van der Waals surface area contributed by atoms with Gasteiger partial charge in [0, 0.05) is 24.4 Å². The van der Waals surface area contributed by atoms with Crippen LogP contribution in [0.2, 0.25) is 10.0 Å². The number of nitrogens with one attached hydrogen (secondary N) is 1. The zero-order chi connectivity index (χ0) is 20.1. The Labute approximate surface area is 172 Å². The SMILES string of the molecule is Cn1cc(OCc2ccccc2)c(=O)cc1CNC(=O)c1ccc(Cl)c(Cl)c1. The number of aryl methyl sites for hydroxylation is 1. The first-order chi connectivity index (χ1) is 13.4. The number of ether oxygens (including phenoxy) is 1. The normalized spacial score (nSPS) is 10.5. The second-order valence-corrected chi connectivity index (χ2v) is 7.00. The number of halogens is 2. The molecular weight excluding hydrogens is 399 g/mol. The monoisotopic (exact) mass is 416 g/mol. The van der Waals surface area contributed by atoms with Gasteiger partial charge in [0.25, 0.3) is 5.91 Å². The Morgan fingerprint density at radius 1 is 1.07 bits per heavy atom. The Hall–Kier alpha value is -2.76. The fourth-order valence-electron chi connectivity index (χ4n) is 2.58. The molecule has 1 heterocycles. The molecule has 0 saturated carbocycles. The maximum atomic E-state index is 12.3. The van der Waals surface area contributed by atoms with Crippen molar-refractivity contribution in [3.05, 3.63) is 97.9 Å². The van der Waals surface area contributed by atoms with Crippen LogP contribution in [-0.4, -0.2) is 10.5 Å². The Bertz CT molecular complexity index is 1050. The van der Waals surface area contributed by atoms with Crippen LogP contribution in [0.25, 0.3) is 0 Å². The average molecular weight is 417 g/mol. The number of nitrogens with zero attached hydrogens (tertiary/aromatic N) is 1. The Kier molecular flexibility index (Phi) is 6.39. The van der Waals surface area contributed by atoms with Crippen molar-refractivity contribution in [1.82, 2.24) is 9.88 Å². The summed E-state index contributed by atoms with van der Waals surface area (Å²) in [5.74, 6) is -0.0543. The number of carbonyl (C=O) groups is 1. The molecule has 1 aromatic heterocycles. The number of rotatable bonds is 6. The highest BCUT2D eigenvalue weighted by Gasteiger charge is 2.10. The van der Waals surface area contributed by atoms with Gasteiger partial charge in [0.15, 0.2) is 5.75 Å². The first kappa shape index (κ1) is 20.0. The second kappa shape index (κ2) is 8.95. The zero-order valence-electron chi connectivity index (χ0n) is 15.1. The van der Waals surface area contributed by atoms with Gasteiger partial charge in [-0.1, -0.05) is 53.5 Å². The van der Waals surface area contributed by atoms with Crippen molar-refractivity contribution in [2.45, 2.75) is 13.2 Å². The molecule has 144 valence electrons. The first-order valence-corrected chi connectivity index (χ1v) is 9.29. The summed E-state index contributed by atoms with van der Waals surface area (Å²) in [6, 6.07) is 15.7. The van der Waals surface area contributed by atoms with E-state index in [1.165, 1.54) is 12.1 Å². The summed E-state index contributed by atoms with van der Waals surface area (Å²) in [7, 11) is 1.79. The van der Waals surface area contributed by atoms with Crippen molar-refractivity contribution < 1.29 is 9.53 Å². The number of carbonyl (C=O) groups excluding carboxylic acids is 1. The molecular formula is C21H18Cl2N2O3. The lowest BCUT2D eigenvalue weighted by molar-refractivity contribution is 0.0950. The summed E-state index contributed by atoms with van der Waals surface area (Å²) in [5, 5.41) is 3.45. The third-order valence-electron chi connectivity index (χ3n) is 4.15. The lowest BCUT2D eigenvalue weighted by Crippen LogP contribution is -2.25. The van der Waals surface area contributed by atoms with Gasteiger partial charge in [-0.05, 0) is 23.8 Å². The molecule has 0 fully saturated rings. The highest BCUT2D eigenvalue weighted by atomic mass is 35.5. The van der Waals surface area contributed by atoms with Gasteiger partial charge in [0.1, 0.15) is 6.61 Å². The number of benzene rings is 2. The molecule has 5 nitrogen and oxygen atoms in total. The minimum atomic E-state index is -0.310. The Morgan fingerprint density at radius 2 is 1.82 bits per heavy atom. The highest BCUT2D eigenvalue weighted by Crippen LogP contribution is 2.22. The van der Waals surface area contributed by atoms with Crippen LogP contribution in [0.5, 0.6) is 5.75 Å². The quantitative estimate of drug-likeness (QED) is 0.654. The van der Waals surface area contributed by atoms with E-state index in [-0.39, 0.29) is 23.6 Å². The van der Waals surface area contributed by atoms with E-state index < -0.39 is 0 Å². The van der Waals surface area contributed by atoms with Crippen LogP contribution in [0, 0.1) is 0 Å². The van der Waals surface area contributed by atoms with Crippen LogP contribution in [-0.2, 0) is 20.2 Å². The Balaban J connectivity index is 1.66. The largest absolute Gasteiger partial charge is 0.483 e. The van der Waals surface area contributed by atoms with Crippen molar-refractivity contribution >= 4 is 29.1 Å². The molecule has 0 saturated heterocycles. The van der Waals surface area contributed by atoms with Gasteiger partial charge in [-0.2, -0.15) is 0 Å². The highest BCUT2D eigenvalue weighted by molar-refractivity contribution is 6.42. The lowest BCUT2D eigenvalue weighted by Gasteiger charge is -2.13. The van der Waals surface area contributed by atoms with Gasteiger partial charge in [-0.3, -0.25) is 9.59 Å². The molecule has 3 rings (SSSR count). The van der Waals surface area contributed by atoms with Crippen LogP contribution in [0.4, 0.5) is 0 Å². The summed E-state index contributed by atoms with van der Waals surface area (Å²) in [5.41, 5.74) is 1.77. The predicted octanol–water partition coefficient (Wildman–Crippen LogP) is 4.20. The summed E-state index contributed by atoms with van der Waals surface area (Å²) < 4.78 is 7.38. The number of pyridine rings is 1. The van der Waals surface area contributed by atoms with Crippen LogP contribution in [0.3, 0.4) is 0 Å². The fraction of sp³-hybridized carbons (Fsp3) is 0.143. The zero-order valence-corrected chi connectivity index (χ0v) is 16.6. The molecule has 28 heavy (non-hydrogen) atoms. The van der Waals surface area contributed by atoms with E-state index in [9.17, 15) is 9.59 Å². The van der Waals surface area contributed by atoms with Crippen molar-refractivity contribution in [2.24, 2.45) is 7.05 Å². The van der Waals surface area contributed by atoms with Crippen LogP contribution in [0.1, 0.15) is 21.6 Å². The molecule has 0 unspecified atom stereocenters. The second-order valence-electron chi connectivity index (χ2n) is 6.19. The number of aromatic nitrogens is 1. The average Bonchev–Trinajstić information content (AvgIpc) is 2.69. The van der Waals surface area contributed by atoms with Crippen LogP contribution in [0.15, 0.2) is 65.6 Å². The third kappa shape index (κ3) is 4.94. The van der Waals surface area contributed by atoms with E-state index in [1.54, 1.807) is 29.9 Å². The van der Waals surface area contributed by atoms with E-state index in [0.29, 0.717) is 27.9 Å². The first-order valence-electron chi connectivity index (χ1n) is 8.53. The Morgan fingerprint density at radius 3 is 2.54 bits per heavy atom. The van der Waals surface area contributed by atoms with Gasteiger partial charge in [-0.25, -0.2) is 0 Å². The maximum absolute atomic E-state index is 12.3. The van der Waals surface area contributed by atoms with Gasteiger partial charge in [0.2, 0.25) is 5.43 Å². The molecule has 7 heteroatoms. The summed E-state index contributed by atoms with van der Waals surface area (Å²) in [6.45, 7) is 0.493. The van der Waals surface area contributed by atoms with E-state index in [0.717, 1.165) is 5.56 Å². The molecule has 0 radical (unpaired) electrons. The summed E-state index contributed by atoms with van der Waals surface area (Å²) in [6.07, 6.45) is 1.62. The summed E-state index contributed by atoms with van der Waals surface area (Å²) >= 11 is 11.8. The van der Waals surface area contributed by atoms with Crippen LogP contribution < -0.4 is 15.5 Å². The number of hydrogen-bond donors (Lipinski definition) is 1. The third-order valence-corrected chi connectivity index (χ3v) is 4.89. The van der Waals surface area contributed by atoms with E-state index in [1.807, 2.05) is 30.3 Å². The van der Waals surface area contributed by atoms with Crippen LogP contribution >= 0.6 is 23.2 Å². The smallest absolute Gasteiger partial charge is 0.251 e. The van der Waals surface area contributed by atoms with Crippen molar-refractivity contribution in [2.75, 3.05) is 0 Å². The molecule has 3 aromatic rings. The topological polar surface area (TPSA) is 60.3 Å². The van der Waals surface area contributed by atoms with E-state index in [2.05, 4.69) is 5.32 Å². The molecule has 1 N–H and O–H groups in total. The lowest BCUT2D eigenvalue weighted by atomic mass is 10.2. The number of amides is 1. The molecule has 0 aliphatic rings. The van der Waals surface area contributed by atoms with Gasteiger partial charge >= 0.3 is 0 Å². The number of hydrogen-bond acceptors (Lipinski definition) is 3. The van der Waals surface area contributed by atoms with E-state index >= 15 is 0 Å². The van der Waals surface area contributed by atoms with Gasteiger partial charge < -0.3 is 14.6 Å². The molecule has 2 aromatic carbocycles. The van der Waals surface area contributed by atoms with Crippen molar-refractivity contribution in [1.29, 1.82) is 0 Å². The van der Waals surface area contributed by atoms with E-state index in [4.69, 9.17) is 27.9 Å².